The summed E-state index contributed by atoms with van der Waals surface area (Å²) >= 11 is 12.2. The van der Waals surface area contributed by atoms with Crippen LogP contribution in [-0.2, 0) is 16.1 Å². The summed E-state index contributed by atoms with van der Waals surface area (Å²) in [6, 6.07) is 12.2. The maximum absolute atomic E-state index is 13.0. The van der Waals surface area contributed by atoms with Gasteiger partial charge < -0.3 is 5.32 Å². The molecule has 2 amide bonds. The molecule has 1 aliphatic heterocycles. The number of nitrogens with zero attached hydrogens (tertiary/aromatic N) is 2. The van der Waals surface area contributed by atoms with Crippen molar-refractivity contribution in [2.24, 2.45) is 0 Å². The summed E-state index contributed by atoms with van der Waals surface area (Å²) in [6.07, 6.45) is 0. The third-order valence-electron chi connectivity index (χ3n) is 4.49. The number of nitrogens with one attached hydrogen (secondary N) is 1. The number of anilines is 2. The average molecular weight is 392 g/mol. The van der Waals surface area contributed by atoms with Crippen LogP contribution < -0.4 is 10.2 Å². The minimum Gasteiger partial charge on any atom is -0.323 e. The van der Waals surface area contributed by atoms with E-state index in [9.17, 15) is 9.59 Å². The van der Waals surface area contributed by atoms with Gasteiger partial charge in [-0.15, -0.1) is 0 Å². The Balaban J connectivity index is 1.78. The Morgan fingerprint density at radius 2 is 2.00 bits per heavy atom. The Morgan fingerprint density at radius 1 is 1.27 bits per heavy atom. The summed E-state index contributed by atoms with van der Waals surface area (Å²) in [4.78, 5) is 28.4. The zero-order valence-corrected chi connectivity index (χ0v) is 16.0. The zero-order valence-electron chi connectivity index (χ0n) is 14.5. The van der Waals surface area contributed by atoms with Crippen LogP contribution in [0.25, 0.3) is 0 Å². The lowest BCUT2D eigenvalue weighted by Crippen LogP contribution is -2.50. The molecule has 5 nitrogen and oxygen atoms in total. The Hall–Kier alpha value is -2.08. The largest absolute Gasteiger partial charge is 0.323 e. The van der Waals surface area contributed by atoms with Gasteiger partial charge in [-0.1, -0.05) is 41.4 Å². The number of fused-ring (bicyclic) bond motifs is 1. The first-order valence-corrected chi connectivity index (χ1v) is 8.97. The first-order valence-electron chi connectivity index (χ1n) is 8.21. The van der Waals surface area contributed by atoms with E-state index in [4.69, 9.17) is 23.2 Å². The smallest absolute Gasteiger partial charge is 0.244 e. The van der Waals surface area contributed by atoms with Crippen LogP contribution in [0.2, 0.25) is 10.0 Å². The third kappa shape index (κ3) is 3.85. The predicted octanol–water partition coefficient (Wildman–Crippen LogP) is 3.80. The molecule has 7 heteroatoms. The average Bonchev–Trinajstić information content (AvgIpc) is 2.62. The first-order chi connectivity index (χ1) is 12.4. The topological polar surface area (TPSA) is 52.7 Å². The van der Waals surface area contributed by atoms with Crippen LogP contribution in [0.3, 0.4) is 0 Å². The van der Waals surface area contributed by atoms with E-state index in [-0.39, 0.29) is 18.4 Å². The molecule has 1 heterocycles. The molecule has 0 saturated carbocycles. The molecule has 1 N–H and O–H groups in total. The first kappa shape index (κ1) is 18.7. The standard InChI is InChI=1S/C19H19Cl2N3O2/c1-12(23(2)10-13-7-8-14(20)9-15(13)21)19(26)24-11-18(25)22-16-5-3-4-6-17(16)24/h3-9,12H,10-11H2,1-2H3,(H,22,25)/t12-/m0/s1. The van der Waals surface area contributed by atoms with Gasteiger partial charge in [-0.25, -0.2) is 0 Å². The second kappa shape index (κ2) is 7.66. The number of likely N-dealkylation sites (N-methyl/N-ethyl adjacent to an activating group) is 1. The minimum atomic E-state index is -0.430. The van der Waals surface area contributed by atoms with Crippen molar-refractivity contribution in [3.63, 3.8) is 0 Å². The van der Waals surface area contributed by atoms with Crippen molar-refractivity contribution in [3.8, 4) is 0 Å². The molecule has 0 radical (unpaired) electrons. The van der Waals surface area contributed by atoms with E-state index in [0.717, 1.165) is 5.56 Å². The molecule has 2 aromatic carbocycles. The van der Waals surface area contributed by atoms with Gasteiger partial charge in [0.15, 0.2) is 0 Å². The lowest BCUT2D eigenvalue weighted by Gasteiger charge is -2.33. The predicted molar refractivity (Wildman–Crippen MR) is 105 cm³/mol. The van der Waals surface area contributed by atoms with Gasteiger partial charge in [0.05, 0.1) is 17.4 Å². The van der Waals surface area contributed by atoms with Crippen LogP contribution in [0, 0.1) is 0 Å². The lowest BCUT2D eigenvalue weighted by molar-refractivity contribution is -0.125. The summed E-state index contributed by atoms with van der Waals surface area (Å²) in [7, 11) is 1.85. The van der Waals surface area contributed by atoms with E-state index in [0.29, 0.717) is 28.0 Å². The summed E-state index contributed by atoms with van der Waals surface area (Å²) in [5, 5.41) is 3.92. The van der Waals surface area contributed by atoms with Gasteiger partial charge in [-0.05, 0) is 43.8 Å². The molecule has 0 bridgehead atoms. The molecule has 0 aliphatic carbocycles. The van der Waals surface area contributed by atoms with Gasteiger partial charge in [0, 0.05) is 16.6 Å². The summed E-state index contributed by atoms with van der Waals surface area (Å²) in [6.45, 7) is 2.32. The molecular weight excluding hydrogens is 373 g/mol. The van der Waals surface area contributed by atoms with Crippen LogP contribution in [0.1, 0.15) is 12.5 Å². The number of para-hydroxylation sites is 2. The van der Waals surface area contributed by atoms with Crippen molar-refractivity contribution in [2.75, 3.05) is 23.8 Å². The number of rotatable bonds is 4. The normalized spacial score (nSPS) is 14.8. The number of carbonyl (C=O) groups excluding carboxylic acids is 2. The SMILES string of the molecule is C[C@@H](C(=O)N1CC(=O)Nc2ccccc21)N(C)Cc1ccc(Cl)cc1Cl. The second-order valence-electron chi connectivity index (χ2n) is 6.32. The van der Waals surface area contributed by atoms with Gasteiger partial charge in [0.25, 0.3) is 0 Å². The van der Waals surface area contributed by atoms with Crippen molar-refractivity contribution in [1.82, 2.24) is 4.90 Å². The Kier molecular flexibility index (Phi) is 5.51. The summed E-state index contributed by atoms with van der Waals surface area (Å²) < 4.78 is 0. The Labute approximate surface area is 162 Å². The van der Waals surface area contributed by atoms with Gasteiger partial charge in [0.1, 0.15) is 6.54 Å². The molecule has 0 fully saturated rings. The molecule has 1 atom stereocenters. The molecule has 3 rings (SSSR count). The quantitative estimate of drug-likeness (QED) is 0.861. The number of amides is 2. The molecular formula is C19H19Cl2N3O2. The van der Waals surface area contributed by atoms with E-state index >= 15 is 0 Å². The van der Waals surface area contributed by atoms with E-state index in [1.165, 1.54) is 4.90 Å². The van der Waals surface area contributed by atoms with E-state index in [1.54, 1.807) is 18.2 Å². The van der Waals surface area contributed by atoms with Crippen LogP contribution in [0.4, 0.5) is 11.4 Å². The molecule has 136 valence electrons. The van der Waals surface area contributed by atoms with E-state index in [2.05, 4.69) is 5.32 Å². The number of carbonyl (C=O) groups is 2. The van der Waals surface area contributed by atoms with Gasteiger partial charge in [-0.2, -0.15) is 0 Å². The monoisotopic (exact) mass is 391 g/mol. The maximum atomic E-state index is 13.0. The highest BCUT2D eigenvalue weighted by atomic mass is 35.5. The molecule has 1 aliphatic rings. The lowest BCUT2D eigenvalue weighted by atomic mass is 10.1. The Bertz CT molecular complexity index is 856. The number of halogens is 2. The van der Waals surface area contributed by atoms with Crippen molar-refractivity contribution < 1.29 is 9.59 Å². The number of benzene rings is 2. The van der Waals surface area contributed by atoms with Crippen LogP contribution in [0.15, 0.2) is 42.5 Å². The highest BCUT2D eigenvalue weighted by molar-refractivity contribution is 6.35. The van der Waals surface area contributed by atoms with Crippen LogP contribution in [0.5, 0.6) is 0 Å². The second-order valence-corrected chi connectivity index (χ2v) is 7.16. The molecule has 0 spiro atoms. The molecule has 0 saturated heterocycles. The minimum absolute atomic E-state index is 0.00965. The van der Waals surface area contributed by atoms with Crippen molar-refractivity contribution in [2.45, 2.75) is 19.5 Å². The maximum Gasteiger partial charge on any atom is 0.244 e. The van der Waals surface area contributed by atoms with Gasteiger partial charge in [0.2, 0.25) is 11.8 Å². The molecule has 0 aromatic heterocycles. The fourth-order valence-corrected chi connectivity index (χ4v) is 3.37. The van der Waals surface area contributed by atoms with E-state index < -0.39 is 6.04 Å². The molecule has 0 unspecified atom stereocenters. The summed E-state index contributed by atoms with van der Waals surface area (Å²) in [5.41, 5.74) is 2.24. The van der Waals surface area contributed by atoms with Crippen LogP contribution in [-0.4, -0.2) is 36.3 Å². The molecule has 2 aromatic rings. The van der Waals surface area contributed by atoms with Crippen molar-refractivity contribution in [3.05, 3.63) is 58.1 Å². The van der Waals surface area contributed by atoms with Crippen molar-refractivity contribution in [1.29, 1.82) is 0 Å². The van der Waals surface area contributed by atoms with Crippen LogP contribution >= 0.6 is 23.2 Å². The van der Waals surface area contributed by atoms with E-state index in [1.807, 2.05) is 43.1 Å². The zero-order chi connectivity index (χ0) is 18.8. The highest BCUT2D eigenvalue weighted by Crippen LogP contribution is 2.30. The van der Waals surface area contributed by atoms with Gasteiger partial charge in [-0.3, -0.25) is 19.4 Å². The van der Waals surface area contributed by atoms with Crippen molar-refractivity contribution >= 4 is 46.4 Å². The number of hydrogen-bond acceptors (Lipinski definition) is 3. The Morgan fingerprint density at radius 3 is 2.73 bits per heavy atom. The fraction of sp³-hybridized carbons (Fsp3) is 0.263. The molecule has 26 heavy (non-hydrogen) atoms. The van der Waals surface area contributed by atoms with Gasteiger partial charge >= 0.3 is 0 Å². The fourth-order valence-electron chi connectivity index (χ4n) is 2.90. The highest BCUT2D eigenvalue weighted by Gasteiger charge is 2.31. The summed E-state index contributed by atoms with van der Waals surface area (Å²) in [5.74, 6) is -0.340. The third-order valence-corrected chi connectivity index (χ3v) is 5.08. The number of hydrogen-bond donors (Lipinski definition) is 1.